The van der Waals surface area contributed by atoms with Gasteiger partial charge in [-0.3, -0.25) is 0 Å². The summed E-state index contributed by atoms with van der Waals surface area (Å²) in [7, 11) is -14.4. The van der Waals surface area contributed by atoms with Crippen LogP contribution in [0.5, 0.6) is 0 Å². The molecule has 0 unspecified atom stereocenters. The zero-order valence-corrected chi connectivity index (χ0v) is 50.3. The number of allylic oxidation sites excluding steroid dienone is 4. The SMILES string of the molecule is CC1=C(C)C([Si](c2c([Si](C)(C)C)cc(C)c([Si](C)(C)C)c2C)(c2c([Si](C)(C)C)cc(C)c([Si](C)(C)C)c2C)c2c([Si](C)(C)C)cc(C)c([Si](C)(C)C)c2C)C(C)=C1C. The average molecular weight is 898 g/mol. The van der Waals surface area contributed by atoms with Crippen molar-refractivity contribution in [3.05, 3.63) is 73.9 Å². The van der Waals surface area contributed by atoms with Crippen molar-refractivity contribution in [2.45, 2.75) is 193 Å². The van der Waals surface area contributed by atoms with E-state index >= 15 is 0 Å². The molecule has 0 amide bonds. The van der Waals surface area contributed by atoms with Crippen LogP contribution in [0.3, 0.4) is 0 Å². The molecule has 0 fully saturated rings. The van der Waals surface area contributed by atoms with Gasteiger partial charge in [0.05, 0.1) is 48.4 Å². The van der Waals surface area contributed by atoms with E-state index in [0.717, 1.165) is 0 Å². The zero-order valence-electron chi connectivity index (χ0n) is 43.3. The Bertz CT molecular complexity index is 1990. The molecule has 1 aliphatic rings. The van der Waals surface area contributed by atoms with Gasteiger partial charge in [-0.05, 0) is 95.9 Å². The van der Waals surface area contributed by atoms with Gasteiger partial charge in [-0.2, -0.15) is 0 Å². The van der Waals surface area contributed by atoms with Crippen molar-refractivity contribution in [2.24, 2.45) is 0 Å². The summed E-state index contributed by atoms with van der Waals surface area (Å²) in [6.07, 6.45) is 0. The Morgan fingerprint density at radius 2 is 0.500 bits per heavy atom. The summed E-state index contributed by atoms with van der Waals surface area (Å²) < 4.78 is 0. The van der Waals surface area contributed by atoms with Crippen LogP contribution in [0.15, 0.2) is 40.5 Å². The van der Waals surface area contributed by atoms with Crippen LogP contribution in [0.2, 0.25) is 123 Å². The summed E-state index contributed by atoms with van der Waals surface area (Å²) in [6, 6.07) is 8.43. The highest BCUT2D eigenvalue weighted by Gasteiger charge is 2.58. The Morgan fingerprint density at radius 1 is 0.293 bits per heavy atom. The van der Waals surface area contributed by atoms with Crippen LogP contribution in [0, 0.1) is 41.5 Å². The van der Waals surface area contributed by atoms with Gasteiger partial charge < -0.3 is 0 Å². The van der Waals surface area contributed by atoms with Gasteiger partial charge >= 0.3 is 0 Å². The van der Waals surface area contributed by atoms with E-state index in [2.05, 4.69) is 205 Å². The molecule has 0 aliphatic heterocycles. The number of rotatable bonds is 10. The predicted molar refractivity (Wildman–Crippen MR) is 291 cm³/mol. The van der Waals surface area contributed by atoms with E-state index in [1.165, 1.54) is 0 Å². The number of aryl methyl sites for hydroxylation is 3. The Labute approximate surface area is 367 Å². The molecule has 3 aromatic rings. The summed E-state index contributed by atoms with van der Waals surface area (Å²) >= 11 is 0. The first kappa shape index (κ1) is 49.3. The third-order valence-electron chi connectivity index (χ3n) is 14.2. The topological polar surface area (TPSA) is 0 Å². The minimum Gasteiger partial charge on any atom is -0.0656 e. The summed E-state index contributed by atoms with van der Waals surface area (Å²) in [4.78, 5) is 0. The van der Waals surface area contributed by atoms with E-state index in [0.29, 0.717) is 5.54 Å². The van der Waals surface area contributed by atoms with Gasteiger partial charge in [-0.15, -0.1) is 0 Å². The maximum atomic E-state index is 2.81. The fourth-order valence-corrected chi connectivity index (χ4v) is 37.3. The maximum absolute atomic E-state index is 3.14. The second-order valence-electron chi connectivity index (χ2n) is 25.2. The van der Waals surface area contributed by atoms with Gasteiger partial charge in [0, 0.05) is 5.54 Å². The van der Waals surface area contributed by atoms with Gasteiger partial charge in [0.25, 0.3) is 0 Å². The highest BCUT2D eigenvalue weighted by Crippen LogP contribution is 2.47. The van der Waals surface area contributed by atoms with Crippen LogP contribution in [0.1, 0.15) is 61.1 Å². The Morgan fingerprint density at radius 3 is 0.672 bits per heavy atom. The third-order valence-corrected chi connectivity index (χ3v) is 33.8. The molecule has 1 aliphatic carbocycles. The van der Waals surface area contributed by atoms with Gasteiger partial charge in [0.1, 0.15) is 0 Å². The fraction of sp³-hybridized carbons (Fsp3) is 0.569. The molecule has 0 radical (unpaired) electrons. The van der Waals surface area contributed by atoms with Crippen LogP contribution in [0.25, 0.3) is 0 Å². The van der Waals surface area contributed by atoms with Crippen molar-refractivity contribution >= 4 is 103 Å². The van der Waals surface area contributed by atoms with Crippen LogP contribution in [0.4, 0.5) is 0 Å². The van der Waals surface area contributed by atoms with E-state index in [-0.39, 0.29) is 0 Å². The molecule has 320 valence electrons. The lowest BCUT2D eigenvalue weighted by molar-refractivity contribution is 1.09. The van der Waals surface area contributed by atoms with Gasteiger partial charge in [0.2, 0.25) is 0 Å². The van der Waals surface area contributed by atoms with Gasteiger partial charge in [0.15, 0.2) is 8.07 Å². The minimum absolute atomic E-state index is 0.357. The second-order valence-corrected chi connectivity index (χ2v) is 59.0. The molecule has 7 heteroatoms. The highest BCUT2D eigenvalue weighted by atomic mass is 28.3. The lowest BCUT2D eigenvalue weighted by Crippen LogP contribution is -2.84. The molecule has 0 bridgehead atoms. The molecule has 0 atom stereocenters. The summed E-state index contributed by atoms with van der Waals surface area (Å²) in [6.45, 7) is 73.3. The molecule has 0 saturated heterocycles. The fourth-order valence-electron chi connectivity index (χ4n) is 12.5. The molecule has 58 heavy (non-hydrogen) atoms. The van der Waals surface area contributed by atoms with Gasteiger partial charge in [-0.1, -0.05) is 212 Å². The number of benzene rings is 3. The lowest BCUT2D eigenvalue weighted by atomic mass is 10.1. The first-order valence-corrected chi connectivity index (χ1v) is 45.7. The van der Waals surface area contributed by atoms with Crippen molar-refractivity contribution in [1.29, 1.82) is 0 Å². The summed E-state index contributed by atoms with van der Waals surface area (Å²) in [5.41, 5.74) is 16.5. The smallest absolute Gasteiger partial charge is 0.0656 e. The maximum Gasteiger partial charge on any atom is 0.159 e. The molecule has 0 N–H and O–H groups in total. The van der Waals surface area contributed by atoms with E-state index in [4.69, 9.17) is 0 Å². The molecule has 0 heterocycles. The van der Waals surface area contributed by atoms with Gasteiger partial charge in [-0.25, -0.2) is 0 Å². The minimum atomic E-state index is -3.14. The Balaban J connectivity index is 2.86. The first-order chi connectivity index (χ1) is 25.8. The zero-order chi connectivity index (χ0) is 45.2. The van der Waals surface area contributed by atoms with Crippen molar-refractivity contribution in [3.63, 3.8) is 0 Å². The standard InChI is InChI=1S/C51H88Si7/c1-32-29-42(52(11,12)13)49(39(8)45(32)55(20,21)22)58(48-37(6)35(4)36(5)38(48)7,50-40(9)46(56(23,24)25)33(2)30-43(50)53(14,15)16)51-41(10)47(57(26,27)28)34(3)31-44(51)54(17,18)19/h29-31,48H,1-28H3. The molecule has 0 saturated carbocycles. The molecule has 4 rings (SSSR count). The molecule has 0 nitrogen and oxygen atoms in total. The van der Waals surface area contributed by atoms with E-state index in [1.807, 2.05) is 15.6 Å². The van der Waals surface area contributed by atoms with Crippen LogP contribution < -0.4 is 46.7 Å². The molecule has 3 aromatic carbocycles. The summed E-state index contributed by atoms with van der Waals surface area (Å²) in [5, 5.41) is 16.0. The predicted octanol–water partition coefficient (Wildman–Crippen LogP) is 10.3. The van der Waals surface area contributed by atoms with E-state index < -0.39 is 56.5 Å². The van der Waals surface area contributed by atoms with Crippen molar-refractivity contribution in [3.8, 4) is 0 Å². The highest BCUT2D eigenvalue weighted by molar-refractivity contribution is 7.21. The third kappa shape index (κ3) is 8.19. The second kappa shape index (κ2) is 15.5. The first-order valence-electron chi connectivity index (χ1n) is 22.6. The monoisotopic (exact) mass is 897 g/mol. The van der Waals surface area contributed by atoms with Crippen LogP contribution >= 0.6 is 0 Å². The number of hydrogen-bond acceptors (Lipinski definition) is 0. The largest absolute Gasteiger partial charge is 0.159 e. The lowest BCUT2D eigenvalue weighted by Gasteiger charge is -2.51. The quantitative estimate of drug-likeness (QED) is 0.141. The Hall–Kier alpha value is -1.34. The summed E-state index contributed by atoms with van der Waals surface area (Å²) in [5.74, 6) is 0. The normalized spacial score (nSPS) is 15.7. The van der Waals surface area contributed by atoms with Crippen molar-refractivity contribution < 1.29 is 0 Å². The van der Waals surface area contributed by atoms with Crippen molar-refractivity contribution in [2.75, 3.05) is 0 Å². The number of hydrogen-bond donors (Lipinski definition) is 0. The van der Waals surface area contributed by atoms with Crippen LogP contribution in [-0.4, -0.2) is 56.5 Å². The molecular formula is C51H88Si7. The average Bonchev–Trinajstić information content (AvgIpc) is 3.17. The van der Waals surface area contributed by atoms with Crippen molar-refractivity contribution in [1.82, 2.24) is 0 Å². The molecule has 0 aromatic heterocycles. The molecular weight excluding hydrogens is 809 g/mol. The van der Waals surface area contributed by atoms with E-state index in [1.54, 1.807) is 86.8 Å². The van der Waals surface area contributed by atoms with E-state index in [9.17, 15) is 0 Å². The Kier molecular flexibility index (Phi) is 13.2. The van der Waals surface area contributed by atoms with Crippen LogP contribution in [-0.2, 0) is 0 Å². The molecule has 0 spiro atoms.